The topological polar surface area (TPSA) is 34.6 Å². The van der Waals surface area contributed by atoms with E-state index in [1.165, 1.54) is 0 Å². The second-order valence-electron chi connectivity index (χ2n) is 5.29. The second-order valence-corrected chi connectivity index (χ2v) is 6.00. The van der Waals surface area contributed by atoms with Crippen molar-refractivity contribution in [3.05, 3.63) is 51.0 Å². The first-order valence-electron chi connectivity index (χ1n) is 6.99. The highest BCUT2D eigenvalue weighted by atomic mass is 35.5. The van der Waals surface area contributed by atoms with Crippen molar-refractivity contribution in [2.75, 3.05) is 14.2 Å². The first-order chi connectivity index (χ1) is 11.0. The number of ether oxygens (including phenoxy) is 2. The maximum atomic E-state index is 14.1. The highest BCUT2D eigenvalue weighted by molar-refractivity contribution is 6.33. The molecule has 0 bridgehead atoms. The Kier molecular flexibility index (Phi) is 4.62. The SMILES string of the molecule is COc1ccc(CN2Cc3c(Cl)nc(Cl)c(F)c3C2)c(OC)c1. The van der Waals surface area contributed by atoms with Gasteiger partial charge in [0.2, 0.25) is 0 Å². The summed E-state index contributed by atoms with van der Waals surface area (Å²) in [6.07, 6.45) is 0. The monoisotopic (exact) mass is 356 g/mol. The van der Waals surface area contributed by atoms with Crippen molar-refractivity contribution in [2.45, 2.75) is 19.6 Å². The molecule has 1 aliphatic heterocycles. The van der Waals surface area contributed by atoms with Crippen LogP contribution in [0.4, 0.5) is 4.39 Å². The lowest BCUT2D eigenvalue weighted by Gasteiger charge is -2.17. The molecule has 2 heterocycles. The van der Waals surface area contributed by atoms with Crippen molar-refractivity contribution < 1.29 is 13.9 Å². The van der Waals surface area contributed by atoms with E-state index in [1.54, 1.807) is 14.2 Å². The second kappa shape index (κ2) is 6.51. The Morgan fingerprint density at radius 1 is 1.13 bits per heavy atom. The Morgan fingerprint density at radius 3 is 2.57 bits per heavy atom. The van der Waals surface area contributed by atoms with Gasteiger partial charge in [-0.1, -0.05) is 29.3 Å². The normalized spacial score (nSPS) is 14.0. The molecule has 0 N–H and O–H groups in total. The number of hydrogen-bond donors (Lipinski definition) is 0. The van der Waals surface area contributed by atoms with Gasteiger partial charge in [0, 0.05) is 42.4 Å². The van der Waals surface area contributed by atoms with E-state index < -0.39 is 5.82 Å². The van der Waals surface area contributed by atoms with E-state index in [0.29, 0.717) is 30.8 Å². The zero-order valence-corrected chi connectivity index (χ0v) is 14.2. The number of nitrogens with zero attached hydrogens (tertiary/aromatic N) is 2. The molecule has 122 valence electrons. The zero-order chi connectivity index (χ0) is 16.6. The molecule has 0 aliphatic carbocycles. The molecule has 0 radical (unpaired) electrons. The van der Waals surface area contributed by atoms with Gasteiger partial charge in [0.15, 0.2) is 11.0 Å². The van der Waals surface area contributed by atoms with Crippen LogP contribution in [0.3, 0.4) is 0 Å². The molecule has 0 unspecified atom stereocenters. The zero-order valence-electron chi connectivity index (χ0n) is 12.7. The lowest BCUT2D eigenvalue weighted by atomic mass is 10.2. The van der Waals surface area contributed by atoms with Crippen molar-refractivity contribution >= 4 is 23.2 Å². The quantitative estimate of drug-likeness (QED) is 0.773. The molecule has 0 spiro atoms. The molecule has 0 saturated carbocycles. The average Bonchev–Trinajstić information content (AvgIpc) is 2.97. The lowest BCUT2D eigenvalue weighted by molar-refractivity contribution is 0.268. The Bertz CT molecular complexity index is 755. The summed E-state index contributed by atoms with van der Waals surface area (Å²) in [5.41, 5.74) is 2.19. The number of aromatic nitrogens is 1. The van der Waals surface area contributed by atoms with Gasteiger partial charge in [0.25, 0.3) is 0 Å². The van der Waals surface area contributed by atoms with Crippen LogP contribution in [0.2, 0.25) is 10.3 Å². The fourth-order valence-electron chi connectivity index (χ4n) is 2.75. The number of hydrogen-bond acceptors (Lipinski definition) is 4. The summed E-state index contributed by atoms with van der Waals surface area (Å²) in [6, 6.07) is 5.63. The number of benzene rings is 1. The van der Waals surface area contributed by atoms with Gasteiger partial charge >= 0.3 is 0 Å². The minimum Gasteiger partial charge on any atom is -0.497 e. The Labute approximate surface area is 143 Å². The maximum Gasteiger partial charge on any atom is 0.166 e. The third kappa shape index (κ3) is 3.09. The Hall–Kier alpha value is -1.56. The third-order valence-electron chi connectivity index (χ3n) is 3.91. The number of fused-ring (bicyclic) bond motifs is 1. The molecular weight excluding hydrogens is 342 g/mol. The van der Waals surface area contributed by atoms with Crippen molar-refractivity contribution in [1.29, 1.82) is 0 Å². The van der Waals surface area contributed by atoms with Crippen molar-refractivity contribution in [1.82, 2.24) is 9.88 Å². The Morgan fingerprint density at radius 2 is 1.87 bits per heavy atom. The summed E-state index contributed by atoms with van der Waals surface area (Å²) in [5.74, 6) is 0.957. The molecule has 0 amide bonds. The highest BCUT2D eigenvalue weighted by Gasteiger charge is 2.28. The van der Waals surface area contributed by atoms with Crippen molar-refractivity contribution in [3.63, 3.8) is 0 Å². The van der Waals surface area contributed by atoms with Crippen LogP contribution in [0.25, 0.3) is 0 Å². The van der Waals surface area contributed by atoms with Gasteiger partial charge in [-0.2, -0.15) is 0 Å². The molecule has 1 aromatic heterocycles. The van der Waals surface area contributed by atoms with Gasteiger partial charge < -0.3 is 9.47 Å². The van der Waals surface area contributed by atoms with Gasteiger partial charge in [0.05, 0.1) is 14.2 Å². The van der Waals surface area contributed by atoms with Crippen LogP contribution in [0.1, 0.15) is 16.7 Å². The number of halogens is 3. The van der Waals surface area contributed by atoms with Crippen LogP contribution < -0.4 is 9.47 Å². The largest absolute Gasteiger partial charge is 0.497 e. The summed E-state index contributed by atoms with van der Waals surface area (Å²) in [5, 5.41) is 0.0771. The minimum atomic E-state index is -0.490. The van der Waals surface area contributed by atoms with E-state index in [-0.39, 0.29) is 10.3 Å². The molecule has 2 aromatic rings. The summed E-state index contributed by atoms with van der Waals surface area (Å²) in [4.78, 5) is 5.89. The maximum absolute atomic E-state index is 14.1. The van der Waals surface area contributed by atoms with E-state index in [9.17, 15) is 4.39 Å². The van der Waals surface area contributed by atoms with Crippen molar-refractivity contribution in [3.8, 4) is 11.5 Å². The molecule has 0 atom stereocenters. The average molecular weight is 357 g/mol. The smallest absolute Gasteiger partial charge is 0.166 e. The minimum absolute atomic E-state index is 0.183. The number of rotatable bonds is 4. The summed E-state index contributed by atoms with van der Waals surface area (Å²) in [7, 11) is 3.21. The van der Waals surface area contributed by atoms with Gasteiger partial charge in [-0.3, -0.25) is 4.90 Å². The van der Waals surface area contributed by atoms with Crippen LogP contribution in [-0.2, 0) is 19.6 Å². The van der Waals surface area contributed by atoms with Gasteiger partial charge in [-0.25, -0.2) is 9.37 Å². The summed E-state index contributed by atoms with van der Waals surface area (Å²) >= 11 is 11.8. The fraction of sp³-hybridized carbons (Fsp3) is 0.312. The lowest BCUT2D eigenvalue weighted by Crippen LogP contribution is -2.16. The molecule has 4 nitrogen and oxygen atoms in total. The van der Waals surface area contributed by atoms with Gasteiger partial charge in [-0.15, -0.1) is 0 Å². The number of pyridine rings is 1. The highest BCUT2D eigenvalue weighted by Crippen LogP contribution is 2.35. The first-order valence-corrected chi connectivity index (χ1v) is 7.74. The predicted molar refractivity (Wildman–Crippen MR) is 86.7 cm³/mol. The van der Waals surface area contributed by atoms with Crippen LogP contribution in [0.15, 0.2) is 18.2 Å². The molecule has 1 aromatic carbocycles. The van der Waals surface area contributed by atoms with Gasteiger partial charge in [0.1, 0.15) is 16.7 Å². The van der Waals surface area contributed by atoms with Crippen LogP contribution >= 0.6 is 23.2 Å². The summed E-state index contributed by atoms with van der Waals surface area (Å²) in [6.45, 7) is 1.54. The molecule has 1 aliphatic rings. The molecule has 0 fully saturated rings. The molecule has 23 heavy (non-hydrogen) atoms. The molecule has 0 saturated heterocycles. The Balaban J connectivity index is 1.84. The third-order valence-corrected chi connectivity index (χ3v) is 4.47. The molecule has 3 rings (SSSR count). The fourth-order valence-corrected chi connectivity index (χ4v) is 3.25. The van der Waals surface area contributed by atoms with E-state index in [0.717, 1.165) is 17.1 Å². The molecule has 7 heteroatoms. The number of methoxy groups -OCH3 is 2. The van der Waals surface area contributed by atoms with E-state index in [1.807, 2.05) is 18.2 Å². The van der Waals surface area contributed by atoms with E-state index in [4.69, 9.17) is 32.7 Å². The van der Waals surface area contributed by atoms with Crippen LogP contribution in [0.5, 0.6) is 11.5 Å². The van der Waals surface area contributed by atoms with Gasteiger partial charge in [-0.05, 0) is 6.07 Å². The van der Waals surface area contributed by atoms with Crippen LogP contribution in [0, 0.1) is 5.82 Å². The standard InChI is InChI=1S/C16H15Cl2FN2O2/c1-22-10-4-3-9(13(5-10)23-2)6-21-7-11-12(8-21)15(17)20-16(18)14(11)19/h3-5H,6-8H2,1-2H3. The summed E-state index contributed by atoms with van der Waals surface area (Å²) < 4.78 is 24.7. The van der Waals surface area contributed by atoms with Crippen LogP contribution in [-0.4, -0.2) is 24.1 Å². The van der Waals surface area contributed by atoms with Crippen molar-refractivity contribution in [2.24, 2.45) is 0 Å². The first kappa shape index (κ1) is 16.3. The predicted octanol–water partition coefficient (Wildman–Crippen LogP) is 4.06. The van der Waals surface area contributed by atoms with E-state index in [2.05, 4.69) is 9.88 Å². The van der Waals surface area contributed by atoms with E-state index >= 15 is 0 Å². The molecular formula is C16H15Cl2FN2O2.